The zero-order valence-corrected chi connectivity index (χ0v) is 13.4. The first-order valence-corrected chi connectivity index (χ1v) is 7.33. The Labute approximate surface area is 129 Å². The van der Waals surface area contributed by atoms with E-state index in [1.165, 1.54) is 0 Å². The maximum absolute atomic E-state index is 6.05. The number of rotatable bonds is 4. The molecule has 1 aliphatic rings. The Morgan fingerprint density at radius 1 is 1.40 bits per heavy atom. The molecule has 2 rings (SSSR count). The number of halogens is 2. The monoisotopic (exact) mass is 318 g/mol. The Hall–Kier alpha value is -0.520. The van der Waals surface area contributed by atoms with Crippen LogP contribution in [0.1, 0.15) is 32.4 Å². The summed E-state index contributed by atoms with van der Waals surface area (Å²) in [6.07, 6.45) is 0.0483. The normalized spacial score (nSPS) is 22.9. The molecule has 112 valence electrons. The van der Waals surface area contributed by atoms with E-state index < -0.39 is 5.79 Å². The summed E-state index contributed by atoms with van der Waals surface area (Å²) in [6.45, 7) is 7.16. The molecule has 0 aromatic heterocycles. The van der Waals surface area contributed by atoms with Crippen molar-refractivity contribution in [3.8, 4) is 0 Å². The molecule has 1 heterocycles. The number of ether oxygens (including phenoxy) is 2. The van der Waals surface area contributed by atoms with Crippen molar-refractivity contribution in [2.75, 3.05) is 18.9 Å². The first-order chi connectivity index (χ1) is 9.28. The fourth-order valence-corrected chi connectivity index (χ4v) is 2.65. The number of nitrogens with one attached hydrogen (secondary N) is 1. The molecule has 0 saturated carbocycles. The van der Waals surface area contributed by atoms with Gasteiger partial charge in [-0.3, -0.25) is 0 Å². The van der Waals surface area contributed by atoms with Crippen LogP contribution in [-0.4, -0.2) is 25.0 Å². The lowest BCUT2D eigenvalue weighted by molar-refractivity contribution is -0.137. The van der Waals surface area contributed by atoms with E-state index in [0.717, 1.165) is 5.56 Å². The molecular weight excluding hydrogens is 299 g/mol. The van der Waals surface area contributed by atoms with E-state index in [1.807, 2.05) is 32.9 Å². The van der Waals surface area contributed by atoms with E-state index in [2.05, 4.69) is 5.32 Å². The van der Waals surface area contributed by atoms with Crippen LogP contribution in [0.5, 0.6) is 0 Å². The second-order valence-electron chi connectivity index (χ2n) is 5.48. The minimum absolute atomic E-state index is 0.0483. The van der Waals surface area contributed by atoms with E-state index in [4.69, 9.17) is 38.4 Å². The van der Waals surface area contributed by atoms with Crippen LogP contribution < -0.4 is 11.1 Å². The maximum atomic E-state index is 6.05. The highest BCUT2D eigenvalue weighted by molar-refractivity contribution is 6.38. The van der Waals surface area contributed by atoms with E-state index >= 15 is 0 Å². The Bertz CT molecular complexity index is 471. The molecule has 0 spiro atoms. The van der Waals surface area contributed by atoms with Gasteiger partial charge < -0.3 is 20.5 Å². The van der Waals surface area contributed by atoms with Gasteiger partial charge in [-0.15, -0.1) is 0 Å². The zero-order chi connectivity index (χ0) is 14.9. The Morgan fingerprint density at radius 2 is 2.00 bits per heavy atom. The number of hydrogen-bond donors (Lipinski definition) is 2. The van der Waals surface area contributed by atoms with E-state index in [1.54, 1.807) is 0 Å². The molecule has 1 saturated heterocycles. The van der Waals surface area contributed by atoms with Crippen molar-refractivity contribution in [3.63, 3.8) is 0 Å². The number of anilines is 1. The lowest BCUT2D eigenvalue weighted by atomic mass is 10.1. The van der Waals surface area contributed by atoms with Gasteiger partial charge in [-0.25, -0.2) is 0 Å². The summed E-state index contributed by atoms with van der Waals surface area (Å²) in [5, 5.41) is 4.34. The molecule has 1 aliphatic heterocycles. The number of nitrogen functional groups attached to an aromatic ring is 1. The highest BCUT2D eigenvalue weighted by Crippen LogP contribution is 2.31. The smallest absolute Gasteiger partial charge is 0.163 e. The van der Waals surface area contributed by atoms with Crippen molar-refractivity contribution < 1.29 is 9.47 Å². The molecule has 2 atom stereocenters. The number of hydrogen-bond acceptors (Lipinski definition) is 4. The highest BCUT2D eigenvalue weighted by atomic mass is 35.5. The summed E-state index contributed by atoms with van der Waals surface area (Å²) in [5.41, 5.74) is 7.14. The molecule has 0 aliphatic carbocycles. The van der Waals surface area contributed by atoms with E-state index in [9.17, 15) is 0 Å². The summed E-state index contributed by atoms with van der Waals surface area (Å²) in [6, 6.07) is 3.75. The standard InChI is InChI=1S/C14H20Cl2N2O2/c1-8(9-4-11(15)13(17)12(16)5-9)18-6-10-7-19-14(2,3)20-10/h4-5,8,10,18H,6-7,17H2,1-3H3/t8-,10+/m1/s1. The maximum Gasteiger partial charge on any atom is 0.163 e. The SMILES string of the molecule is C[C@@H](NC[C@H]1COC(C)(C)O1)c1cc(Cl)c(N)c(Cl)c1. The van der Waals surface area contributed by atoms with Gasteiger partial charge in [0.05, 0.1) is 28.4 Å². The molecule has 6 heteroatoms. The van der Waals surface area contributed by atoms with Gasteiger partial charge in [-0.1, -0.05) is 23.2 Å². The van der Waals surface area contributed by atoms with Gasteiger partial charge in [0.1, 0.15) is 0 Å². The molecule has 20 heavy (non-hydrogen) atoms. The Morgan fingerprint density at radius 3 is 2.50 bits per heavy atom. The average Bonchev–Trinajstić information content (AvgIpc) is 2.72. The molecule has 0 bridgehead atoms. The van der Waals surface area contributed by atoms with Crippen molar-refractivity contribution in [2.24, 2.45) is 0 Å². The third-order valence-corrected chi connectivity index (χ3v) is 3.95. The van der Waals surface area contributed by atoms with Crippen LogP contribution in [0.2, 0.25) is 10.0 Å². The van der Waals surface area contributed by atoms with Crippen LogP contribution in [0.15, 0.2) is 12.1 Å². The lowest BCUT2D eigenvalue weighted by Gasteiger charge is -2.20. The molecule has 0 radical (unpaired) electrons. The second kappa shape index (κ2) is 6.08. The van der Waals surface area contributed by atoms with Crippen molar-refractivity contribution in [1.82, 2.24) is 5.32 Å². The van der Waals surface area contributed by atoms with Crippen LogP contribution in [0.3, 0.4) is 0 Å². The van der Waals surface area contributed by atoms with E-state index in [0.29, 0.717) is 28.9 Å². The third kappa shape index (κ3) is 3.77. The quantitative estimate of drug-likeness (QED) is 0.836. The summed E-state index contributed by atoms with van der Waals surface area (Å²) in [4.78, 5) is 0. The predicted octanol–water partition coefficient (Wildman–Crippen LogP) is 3.38. The highest BCUT2D eigenvalue weighted by Gasteiger charge is 2.32. The molecule has 3 N–H and O–H groups in total. The molecule has 1 aromatic rings. The van der Waals surface area contributed by atoms with Gasteiger partial charge in [0.15, 0.2) is 5.79 Å². The Kier molecular flexibility index (Phi) is 4.82. The van der Waals surface area contributed by atoms with Gasteiger partial charge in [-0.2, -0.15) is 0 Å². The first kappa shape index (κ1) is 15.9. The zero-order valence-electron chi connectivity index (χ0n) is 11.9. The summed E-state index contributed by atoms with van der Waals surface area (Å²) in [7, 11) is 0. The van der Waals surface area contributed by atoms with Crippen LogP contribution in [0.25, 0.3) is 0 Å². The van der Waals surface area contributed by atoms with Gasteiger partial charge >= 0.3 is 0 Å². The fourth-order valence-electron chi connectivity index (χ4n) is 2.14. The van der Waals surface area contributed by atoms with Crippen LogP contribution in [0, 0.1) is 0 Å². The average molecular weight is 319 g/mol. The fraction of sp³-hybridized carbons (Fsp3) is 0.571. The van der Waals surface area contributed by atoms with Crippen LogP contribution in [-0.2, 0) is 9.47 Å². The molecule has 4 nitrogen and oxygen atoms in total. The van der Waals surface area contributed by atoms with Crippen molar-refractivity contribution in [3.05, 3.63) is 27.7 Å². The first-order valence-electron chi connectivity index (χ1n) is 6.58. The predicted molar refractivity (Wildman–Crippen MR) is 82.2 cm³/mol. The van der Waals surface area contributed by atoms with Gasteiger partial charge in [-0.05, 0) is 38.5 Å². The molecule has 0 unspecified atom stereocenters. The third-order valence-electron chi connectivity index (χ3n) is 3.32. The topological polar surface area (TPSA) is 56.5 Å². The molecule has 1 fully saturated rings. The van der Waals surface area contributed by atoms with E-state index in [-0.39, 0.29) is 12.1 Å². The van der Waals surface area contributed by atoms with Crippen molar-refractivity contribution in [2.45, 2.75) is 38.7 Å². The largest absolute Gasteiger partial charge is 0.396 e. The lowest BCUT2D eigenvalue weighted by Crippen LogP contribution is -2.32. The number of nitrogens with two attached hydrogens (primary N) is 1. The van der Waals surface area contributed by atoms with Crippen molar-refractivity contribution in [1.29, 1.82) is 0 Å². The van der Waals surface area contributed by atoms with Crippen LogP contribution in [0.4, 0.5) is 5.69 Å². The van der Waals surface area contributed by atoms with Gasteiger partial charge in [0, 0.05) is 12.6 Å². The minimum atomic E-state index is -0.497. The Balaban J connectivity index is 1.94. The second-order valence-corrected chi connectivity index (χ2v) is 6.29. The van der Waals surface area contributed by atoms with Gasteiger partial charge in [0.25, 0.3) is 0 Å². The molecule has 0 amide bonds. The summed E-state index contributed by atoms with van der Waals surface area (Å²) < 4.78 is 11.3. The molecule has 1 aromatic carbocycles. The number of benzene rings is 1. The summed E-state index contributed by atoms with van der Waals surface area (Å²) in [5.74, 6) is -0.497. The molecular formula is C14H20Cl2N2O2. The van der Waals surface area contributed by atoms with Crippen LogP contribution >= 0.6 is 23.2 Å². The summed E-state index contributed by atoms with van der Waals surface area (Å²) >= 11 is 12.1. The van der Waals surface area contributed by atoms with Gasteiger partial charge in [0.2, 0.25) is 0 Å². The minimum Gasteiger partial charge on any atom is -0.396 e. The van der Waals surface area contributed by atoms with Crippen molar-refractivity contribution >= 4 is 28.9 Å².